The number of nitrogens with zero attached hydrogens (tertiary/aromatic N) is 6. The number of aromatic nitrogens is 5. The lowest BCUT2D eigenvalue weighted by Gasteiger charge is -2.33. The molecule has 158 valence electrons. The summed E-state index contributed by atoms with van der Waals surface area (Å²) in [5.41, 5.74) is 1.61. The van der Waals surface area contributed by atoms with Crippen molar-refractivity contribution in [2.45, 2.75) is 46.6 Å². The number of anilines is 1. The minimum absolute atomic E-state index is 0.0479. The number of rotatable bonds is 6. The van der Waals surface area contributed by atoms with Crippen LogP contribution in [0.2, 0.25) is 0 Å². The maximum absolute atomic E-state index is 12.8. The Labute approximate surface area is 179 Å². The van der Waals surface area contributed by atoms with Crippen molar-refractivity contribution >= 4 is 23.1 Å². The number of carbonyl (C=O) groups is 1. The first kappa shape index (κ1) is 20.4. The van der Waals surface area contributed by atoms with E-state index in [1.165, 1.54) is 0 Å². The van der Waals surface area contributed by atoms with E-state index < -0.39 is 0 Å². The van der Waals surface area contributed by atoms with Gasteiger partial charge in [-0.15, -0.1) is 11.3 Å². The fourth-order valence-electron chi connectivity index (χ4n) is 3.55. The lowest BCUT2D eigenvalue weighted by atomic mass is 9.96. The average Bonchev–Trinajstić information content (AvgIpc) is 3.41. The van der Waals surface area contributed by atoms with E-state index >= 15 is 0 Å². The Balaban J connectivity index is 1.47. The molecule has 0 aromatic carbocycles. The van der Waals surface area contributed by atoms with Crippen molar-refractivity contribution in [2.24, 2.45) is 5.92 Å². The van der Waals surface area contributed by atoms with Gasteiger partial charge in [-0.25, -0.2) is 15.0 Å². The highest BCUT2D eigenvalue weighted by Crippen LogP contribution is 2.30. The van der Waals surface area contributed by atoms with Gasteiger partial charge in [-0.1, -0.05) is 12.1 Å². The summed E-state index contributed by atoms with van der Waals surface area (Å²) in [7, 11) is 0. The molecule has 1 amide bonds. The molecule has 0 bridgehead atoms. The number of amides is 1. The van der Waals surface area contributed by atoms with Gasteiger partial charge in [0, 0.05) is 24.7 Å². The van der Waals surface area contributed by atoms with Gasteiger partial charge >= 0.3 is 0 Å². The molecular weight excluding hydrogens is 402 g/mol. The van der Waals surface area contributed by atoms with E-state index in [0.717, 1.165) is 42.3 Å². The molecule has 1 aliphatic rings. The van der Waals surface area contributed by atoms with E-state index in [4.69, 9.17) is 4.52 Å². The maximum Gasteiger partial charge on any atom is 0.263 e. The van der Waals surface area contributed by atoms with Gasteiger partial charge in [0.15, 0.2) is 5.82 Å². The predicted molar refractivity (Wildman–Crippen MR) is 113 cm³/mol. The molecular formula is C20H25N7O2S. The summed E-state index contributed by atoms with van der Waals surface area (Å²) < 4.78 is 5.34. The second-order valence-electron chi connectivity index (χ2n) is 7.39. The molecule has 1 atom stereocenters. The lowest BCUT2D eigenvalue weighted by molar-refractivity contribution is -0.125. The SMILES string of the molecule is CCc1nc(CNC(=O)C2CCCN(c3nc(C)ncc3-c3nc(C)no3)C2)cs1. The number of hydrogen-bond donors (Lipinski definition) is 1. The summed E-state index contributed by atoms with van der Waals surface area (Å²) in [6, 6.07) is 0. The number of aryl methyl sites for hydroxylation is 3. The van der Waals surface area contributed by atoms with Crippen LogP contribution in [0, 0.1) is 19.8 Å². The summed E-state index contributed by atoms with van der Waals surface area (Å²) in [5, 5.41) is 10.0. The first-order valence-corrected chi connectivity index (χ1v) is 11.0. The smallest absolute Gasteiger partial charge is 0.263 e. The van der Waals surface area contributed by atoms with Crippen LogP contribution >= 0.6 is 11.3 Å². The summed E-state index contributed by atoms with van der Waals surface area (Å²) in [4.78, 5) is 32.7. The molecule has 1 aliphatic heterocycles. The van der Waals surface area contributed by atoms with Crippen LogP contribution < -0.4 is 10.2 Å². The zero-order chi connectivity index (χ0) is 21.1. The van der Waals surface area contributed by atoms with Crippen molar-refractivity contribution in [1.29, 1.82) is 0 Å². The minimum atomic E-state index is -0.115. The topological polar surface area (TPSA) is 110 Å². The van der Waals surface area contributed by atoms with Crippen molar-refractivity contribution in [3.63, 3.8) is 0 Å². The normalized spacial score (nSPS) is 16.6. The van der Waals surface area contributed by atoms with Crippen LogP contribution in [-0.2, 0) is 17.8 Å². The Hall–Kier alpha value is -2.88. The van der Waals surface area contributed by atoms with E-state index in [9.17, 15) is 4.79 Å². The molecule has 4 rings (SSSR count). The largest absolute Gasteiger partial charge is 0.355 e. The summed E-state index contributed by atoms with van der Waals surface area (Å²) in [6.07, 6.45) is 4.37. The molecule has 1 N–H and O–H groups in total. The Morgan fingerprint density at radius 3 is 2.90 bits per heavy atom. The third-order valence-corrected chi connectivity index (χ3v) is 6.13. The number of nitrogens with one attached hydrogen (secondary N) is 1. The zero-order valence-electron chi connectivity index (χ0n) is 17.4. The molecule has 0 saturated carbocycles. The fraction of sp³-hybridized carbons (Fsp3) is 0.500. The monoisotopic (exact) mass is 427 g/mol. The van der Waals surface area contributed by atoms with Gasteiger partial charge in [-0.3, -0.25) is 4.79 Å². The fourth-order valence-corrected chi connectivity index (χ4v) is 4.30. The molecule has 0 radical (unpaired) electrons. The van der Waals surface area contributed by atoms with Crippen molar-refractivity contribution in [1.82, 2.24) is 30.4 Å². The van der Waals surface area contributed by atoms with Gasteiger partial charge in [0.25, 0.3) is 5.89 Å². The molecule has 3 aromatic rings. The molecule has 1 unspecified atom stereocenters. The number of piperidine rings is 1. The first-order valence-electron chi connectivity index (χ1n) is 10.1. The second kappa shape index (κ2) is 8.86. The third kappa shape index (κ3) is 4.48. The van der Waals surface area contributed by atoms with E-state index in [-0.39, 0.29) is 11.8 Å². The van der Waals surface area contributed by atoms with E-state index in [0.29, 0.717) is 36.2 Å². The van der Waals surface area contributed by atoms with Crippen LogP contribution in [-0.4, -0.2) is 44.1 Å². The average molecular weight is 428 g/mol. The van der Waals surface area contributed by atoms with Crippen LogP contribution in [0.3, 0.4) is 0 Å². The molecule has 0 aliphatic carbocycles. The highest BCUT2D eigenvalue weighted by Gasteiger charge is 2.29. The van der Waals surface area contributed by atoms with Crippen molar-refractivity contribution < 1.29 is 9.32 Å². The third-order valence-electron chi connectivity index (χ3n) is 5.08. The van der Waals surface area contributed by atoms with Crippen LogP contribution in [0.4, 0.5) is 5.82 Å². The first-order chi connectivity index (χ1) is 14.5. The minimum Gasteiger partial charge on any atom is -0.355 e. The summed E-state index contributed by atoms with van der Waals surface area (Å²) in [6.45, 7) is 7.56. The summed E-state index contributed by atoms with van der Waals surface area (Å²) in [5.74, 6) is 2.27. The van der Waals surface area contributed by atoms with Crippen molar-refractivity contribution in [3.05, 3.63) is 33.9 Å². The molecule has 10 heteroatoms. The van der Waals surface area contributed by atoms with Crippen molar-refractivity contribution in [2.75, 3.05) is 18.0 Å². The molecule has 30 heavy (non-hydrogen) atoms. The van der Waals surface area contributed by atoms with Gasteiger partial charge in [0.2, 0.25) is 5.91 Å². The highest BCUT2D eigenvalue weighted by atomic mass is 32.1. The van der Waals surface area contributed by atoms with E-state index in [1.807, 2.05) is 12.3 Å². The Morgan fingerprint density at radius 2 is 2.17 bits per heavy atom. The molecule has 1 fully saturated rings. The highest BCUT2D eigenvalue weighted by molar-refractivity contribution is 7.09. The van der Waals surface area contributed by atoms with E-state index in [2.05, 4.69) is 42.2 Å². The quantitative estimate of drug-likeness (QED) is 0.639. The van der Waals surface area contributed by atoms with E-state index in [1.54, 1.807) is 24.5 Å². The van der Waals surface area contributed by atoms with Crippen LogP contribution in [0.5, 0.6) is 0 Å². The predicted octanol–water partition coefficient (Wildman–Crippen LogP) is 2.70. The summed E-state index contributed by atoms with van der Waals surface area (Å²) >= 11 is 1.63. The molecule has 4 heterocycles. The number of hydrogen-bond acceptors (Lipinski definition) is 9. The van der Waals surface area contributed by atoms with Gasteiger partial charge in [0.05, 0.1) is 23.2 Å². The van der Waals surface area contributed by atoms with Gasteiger partial charge in [-0.05, 0) is 33.1 Å². The molecule has 1 saturated heterocycles. The van der Waals surface area contributed by atoms with Gasteiger partial charge < -0.3 is 14.7 Å². The Kier molecular flexibility index (Phi) is 6.03. The molecule has 9 nitrogen and oxygen atoms in total. The van der Waals surface area contributed by atoms with Crippen LogP contribution in [0.15, 0.2) is 16.1 Å². The van der Waals surface area contributed by atoms with Crippen molar-refractivity contribution in [3.8, 4) is 11.5 Å². The number of carbonyl (C=O) groups excluding carboxylic acids is 1. The molecule has 0 spiro atoms. The van der Waals surface area contributed by atoms with Crippen LogP contribution in [0.1, 0.15) is 42.1 Å². The van der Waals surface area contributed by atoms with Gasteiger partial charge in [0.1, 0.15) is 17.2 Å². The molecule has 3 aromatic heterocycles. The van der Waals surface area contributed by atoms with Crippen LogP contribution in [0.25, 0.3) is 11.5 Å². The Morgan fingerprint density at radius 1 is 1.30 bits per heavy atom. The Bertz CT molecular complexity index is 1030. The number of thiazole rings is 1. The lowest BCUT2D eigenvalue weighted by Crippen LogP contribution is -2.43. The zero-order valence-corrected chi connectivity index (χ0v) is 18.2. The standard InChI is InChI=1S/C20H25N7O2S/c1-4-17-25-15(11-30-17)8-22-19(28)14-6-5-7-27(10-14)18-16(9-21-12(2)23-18)20-24-13(3)26-29-20/h9,11,14H,4-8,10H2,1-3H3,(H,22,28). The second-order valence-corrected chi connectivity index (χ2v) is 8.33. The van der Waals surface area contributed by atoms with Gasteiger partial charge in [-0.2, -0.15) is 4.98 Å². The maximum atomic E-state index is 12.8.